The van der Waals surface area contributed by atoms with Crippen LogP contribution < -0.4 is 43.4 Å². The van der Waals surface area contributed by atoms with E-state index in [0.29, 0.717) is 117 Å². The number of benzene rings is 1. The van der Waals surface area contributed by atoms with Gasteiger partial charge in [0.05, 0.1) is 85.7 Å². The molecule has 0 saturated heterocycles. The van der Waals surface area contributed by atoms with Crippen molar-refractivity contribution >= 4 is 137 Å². The standard InChI is InChI=1S/C73H84N16O14S2/c1-10-45-39(3)51-31-56-49-20-17-48(68(96)100-8)63(69(97)101-9)72(49,6)58(84-56)33-52-41(5)47(19-23-62(93)99-7)55(83-52)32-54-46(40(4)50(82-54)30-53(45)81-51)18-22-61(92)88-89-71(98)103-28-29-104-105-37-73(34-57(73)74)87-60(91)24-27-102-26-11-25-76-59(90)21-12-38(2)79-66(94)42-13-15-43(16-14-42)77-35-44-36-78-65-64(80-44)67(95)86-70(75)85-65/h10,13-17,20,30-33,36,38,63,74,77,82,84H,1,11-12,18-19,21-29,34-35,37H2,2-9H3,(H,76,90)(H,79,94)(H,87,91)(H,88,92)(H,89,98)(H3,75,78,85,86,95)/t38-,63-,72+,73?/m1/s1. The van der Waals surface area contributed by atoms with Crippen LogP contribution in [-0.4, -0.2) is 164 Å². The first kappa shape index (κ1) is 76.6. The molecule has 0 spiro atoms. The van der Waals surface area contributed by atoms with Crippen molar-refractivity contribution in [2.75, 3.05) is 70.3 Å². The fourth-order valence-corrected chi connectivity index (χ4v) is 15.0. The first-order valence-corrected chi connectivity index (χ1v) is 36.4. The maximum atomic E-state index is 14.0. The van der Waals surface area contributed by atoms with Crippen molar-refractivity contribution in [2.45, 2.75) is 116 Å². The van der Waals surface area contributed by atoms with E-state index in [1.54, 1.807) is 42.5 Å². The smallest absolute Gasteiger partial charge is 0.426 e. The molecule has 7 heterocycles. The number of ether oxygens (including phenoxy) is 5. The molecule has 30 nitrogen and oxygen atoms in total. The third-order valence-corrected chi connectivity index (χ3v) is 21.2. The lowest BCUT2D eigenvalue weighted by Gasteiger charge is -2.36. The Morgan fingerprint density at radius 2 is 1.55 bits per heavy atom. The molecule has 5 aromatic rings. The third kappa shape index (κ3) is 18.2. The molecule has 1 fully saturated rings. The molecule has 4 atom stereocenters. The van der Waals surface area contributed by atoms with Gasteiger partial charge in [0.15, 0.2) is 11.2 Å². The largest absolute Gasteiger partial charge is 0.469 e. The van der Waals surface area contributed by atoms with E-state index in [2.05, 4.69) is 68.6 Å². The highest BCUT2D eigenvalue weighted by Gasteiger charge is 2.54. The zero-order valence-corrected chi connectivity index (χ0v) is 61.1. The number of allylic oxidation sites excluding steroid dienone is 8. The van der Waals surface area contributed by atoms with Crippen LogP contribution in [0.25, 0.3) is 50.1 Å². The van der Waals surface area contributed by atoms with Gasteiger partial charge in [0.2, 0.25) is 23.7 Å². The maximum absolute atomic E-state index is 14.0. The van der Waals surface area contributed by atoms with Crippen molar-refractivity contribution in [3.05, 3.63) is 152 Å². The van der Waals surface area contributed by atoms with E-state index in [9.17, 15) is 43.2 Å². The minimum Gasteiger partial charge on any atom is -0.469 e. The van der Waals surface area contributed by atoms with Crippen molar-refractivity contribution in [3.63, 3.8) is 0 Å². The van der Waals surface area contributed by atoms with Crippen molar-refractivity contribution in [1.29, 1.82) is 5.41 Å². The summed E-state index contributed by atoms with van der Waals surface area (Å²) in [7, 11) is 6.67. The topological polar surface area (TPSA) is 434 Å². The van der Waals surface area contributed by atoms with Gasteiger partial charge < -0.3 is 66.1 Å². The summed E-state index contributed by atoms with van der Waals surface area (Å²) in [6, 6.07) is 14.1. The summed E-state index contributed by atoms with van der Waals surface area (Å²) in [5.74, 6) is -3.38. The highest BCUT2D eigenvalue weighted by molar-refractivity contribution is 8.76. The van der Waals surface area contributed by atoms with Crippen LogP contribution in [0.1, 0.15) is 140 Å². The predicted molar refractivity (Wildman–Crippen MR) is 399 cm³/mol. The minimum atomic E-state index is -1.21. The molecular weight excluding hydrogens is 1390 g/mol. The fraction of sp³-hybridized carbons (Fsp3) is 0.384. The molecule has 5 aliphatic rings. The van der Waals surface area contributed by atoms with Crippen LogP contribution >= 0.6 is 21.6 Å². The number of aromatic amines is 3. The molecular formula is C73H84N16O14S2. The molecule has 4 aromatic heterocycles. The normalized spacial score (nSPS) is 17.1. The quantitative estimate of drug-likeness (QED) is 0.00666. The van der Waals surface area contributed by atoms with Crippen molar-refractivity contribution in [2.24, 2.45) is 5.92 Å². The number of carbonyl (C=O) groups excluding carboxylic acids is 8. The molecule has 10 rings (SSSR count). The Balaban J connectivity index is 0.649. The van der Waals surface area contributed by atoms with Gasteiger partial charge in [-0.1, -0.05) is 46.4 Å². The van der Waals surface area contributed by atoms with Crippen molar-refractivity contribution in [1.82, 2.24) is 66.7 Å². The molecule has 5 amide bonds. The van der Waals surface area contributed by atoms with Crippen LogP contribution in [0.4, 0.5) is 16.4 Å². The summed E-state index contributed by atoms with van der Waals surface area (Å²) < 4.78 is 26.6. The van der Waals surface area contributed by atoms with E-state index < -0.39 is 52.3 Å². The van der Waals surface area contributed by atoms with Crippen LogP contribution in [0.15, 0.2) is 89.9 Å². The zero-order valence-electron chi connectivity index (χ0n) is 59.4. The average Bonchev–Trinajstić information content (AvgIpc) is 1.60. The van der Waals surface area contributed by atoms with Crippen LogP contribution in [0, 0.1) is 18.3 Å². The summed E-state index contributed by atoms with van der Waals surface area (Å²) in [6.45, 7) is 14.7. The number of aromatic nitrogens is 8. The molecule has 3 aliphatic heterocycles. The second kappa shape index (κ2) is 34.1. The fourth-order valence-electron chi connectivity index (χ4n) is 12.6. The second-order valence-electron chi connectivity index (χ2n) is 25.7. The van der Waals surface area contributed by atoms with Crippen molar-refractivity contribution < 1.29 is 62.0 Å². The Labute approximate surface area is 611 Å². The molecule has 0 radical (unpaired) electrons. The van der Waals surface area contributed by atoms with Gasteiger partial charge in [0.25, 0.3) is 11.5 Å². The van der Waals surface area contributed by atoms with Gasteiger partial charge in [-0.15, -0.1) is 0 Å². The lowest BCUT2D eigenvalue weighted by atomic mass is 9.64. The second-order valence-corrected chi connectivity index (χ2v) is 28.3. The molecule has 12 N–H and O–H groups in total. The van der Waals surface area contributed by atoms with E-state index in [4.69, 9.17) is 44.8 Å². The number of fused-ring (bicyclic) bond motifs is 12. The summed E-state index contributed by atoms with van der Waals surface area (Å²) in [5, 5.41) is 20.2. The number of methoxy groups -OCH3 is 3. The maximum Gasteiger partial charge on any atom is 0.426 e. The van der Waals surface area contributed by atoms with E-state index in [-0.39, 0.29) is 105 Å². The van der Waals surface area contributed by atoms with Gasteiger partial charge in [-0.05, 0) is 142 Å². The summed E-state index contributed by atoms with van der Waals surface area (Å²) in [5.41, 5.74) is 20.4. The lowest BCUT2D eigenvalue weighted by Crippen LogP contribution is -2.42. The van der Waals surface area contributed by atoms with Gasteiger partial charge in [-0.3, -0.25) is 44.0 Å². The molecule has 2 aliphatic carbocycles. The van der Waals surface area contributed by atoms with Crippen LogP contribution in [-0.2, 0) is 70.8 Å². The highest BCUT2D eigenvalue weighted by atomic mass is 33.1. The number of nitrogen functional groups attached to an aromatic ring is 1. The number of amides is 5. The highest BCUT2D eigenvalue weighted by Crippen LogP contribution is 2.53. The number of hydrogen-bond acceptors (Lipinski definition) is 24. The van der Waals surface area contributed by atoms with Crippen LogP contribution in [0.3, 0.4) is 0 Å². The first-order chi connectivity index (χ1) is 50.4. The number of esters is 3. The summed E-state index contributed by atoms with van der Waals surface area (Å²) in [6.07, 6.45) is 7.79. The number of nitrogens with one attached hydrogen (secondary N) is 10. The number of carbonyl (C=O) groups is 8. The average molecular weight is 1470 g/mol. The third-order valence-electron chi connectivity index (χ3n) is 18.7. The van der Waals surface area contributed by atoms with Gasteiger partial charge in [-0.2, -0.15) is 4.98 Å². The van der Waals surface area contributed by atoms with Gasteiger partial charge in [-0.25, -0.2) is 35.0 Å². The number of rotatable bonds is 31. The van der Waals surface area contributed by atoms with Gasteiger partial charge in [0, 0.05) is 108 Å². The molecule has 32 heteroatoms. The lowest BCUT2D eigenvalue weighted by molar-refractivity contribution is -0.149. The van der Waals surface area contributed by atoms with E-state index in [1.807, 2.05) is 58.9 Å². The number of aryl methyl sites for hydroxylation is 2. The Morgan fingerprint density at radius 3 is 2.29 bits per heavy atom. The van der Waals surface area contributed by atoms with Gasteiger partial charge >= 0.3 is 24.0 Å². The number of nitrogens with zero attached hydrogens (tertiary/aromatic N) is 5. The van der Waals surface area contributed by atoms with Crippen LogP contribution in [0.5, 0.6) is 0 Å². The molecule has 1 aromatic carbocycles. The number of anilines is 2. The number of hydrazine groups is 1. The molecule has 552 valence electrons. The summed E-state index contributed by atoms with van der Waals surface area (Å²) in [4.78, 5) is 149. The number of nitrogens with two attached hydrogens (primary N) is 1. The zero-order chi connectivity index (χ0) is 75.3. The molecule has 8 bridgehead atoms. The van der Waals surface area contributed by atoms with E-state index in [0.717, 1.165) is 33.4 Å². The predicted octanol–water partition coefficient (Wildman–Crippen LogP) is 7.67. The Morgan fingerprint density at radius 1 is 0.800 bits per heavy atom. The SMILES string of the molecule is C=CC1=C(C)c2cc3[nH]c(cc4nc(cc5[nH]c(cc1n2)c(C)c5CCC(=O)NNC(=O)OCCSSCC1(NC(=O)CCOCCCNC(=O)CC[C@@H](C)NC(=O)c2ccc(NCc5cnc6nc(N)[nH]c(=O)c6n5)cc2)CC1=N)C(CCC(=O)OC)=C4C)[C@]1(C)C3=CC=C(C(=O)OC)[C@@H]1C(=O)OC. The molecule has 105 heavy (non-hydrogen) atoms. The Bertz CT molecular complexity index is 4730. The summed E-state index contributed by atoms with van der Waals surface area (Å²) >= 11 is 0. The number of H-pyrrole nitrogens is 3. The molecule has 1 saturated carbocycles. The Hall–Kier alpha value is -11.0. The van der Waals surface area contributed by atoms with Crippen molar-refractivity contribution in [3.8, 4) is 0 Å². The van der Waals surface area contributed by atoms with E-state index in [1.165, 1.54) is 49.1 Å². The van der Waals surface area contributed by atoms with Crippen LogP contribution in [0.2, 0.25) is 0 Å². The first-order valence-electron chi connectivity index (χ1n) is 34.0. The monoisotopic (exact) mass is 1470 g/mol. The Kier molecular flexibility index (Phi) is 24.9. The molecule has 1 unspecified atom stereocenters. The van der Waals surface area contributed by atoms with Gasteiger partial charge in [0.1, 0.15) is 12.5 Å². The number of hydrogen-bond donors (Lipinski definition) is 11. The minimum absolute atomic E-state index is 0.000195. The van der Waals surface area contributed by atoms with E-state index >= 15 is 0 Å².